The van der Waals surface area contributed by atoms with Crippen molar-refractivity contribution in [2.45, 2.75) is 32.2 Å². The van der Waals surface area contributed by atoms with Gasteiger partial charge < -0.3 is 19.9 Å². The second kappa shape index (κ2) is 8.86. The highest BCUT2D eigenvalue weighted by Crippen LogP contribution is 2.35. The van der Waals surface area contributed by atoms with Gasteiger partial charge in [-0.1, -0.05) is 6.92 Å². The van der Waals surface area contributed by atoms with Gasteiger partial charge in [0.15, 0.2) is 11.4 Å². The van der Waals surface area contributed by atoms with Crippen LogP contribution >= 0.6 is 0 Å². The van der Waals surface area contributed by atoms with Gasteiger partial charge in [-0.05, 0) is 26.0 Å². The Morgan fingerprint density at radius 1 is 1.12 bits per heavy atom. The number of nitrogens with one attached hydrogen (secondary N) is 1. The molecule has 5 heterocycles. The lowest BCUT2D eigenvalue weighted by atomic mass is 10.0. The minimum absolute atomic E-state index is 0.0337. The quantitative estimate of drug-likeness (QED) is 0.428. The average Bonchev–Trinajstić information content (AvgIpc) is 3.31. The molecule has 0 bridgehead atoms. The fraction of sp³-hybridized carbons (Fsp3) is 0.375. The van der Waals surface area contributed by atoms with E-state index < -0.39 is 5.54 Å². The molecule has 5 rings (SSSR count). The minimum Gasteiger partial charge on any atom is -0.484 e. The van der Waals surface area contributed by atoms with Crippen molar-refractivity contribution in [2.24, 2.45) is 0 Å². The van der Waals surface area contributed by atoms with Gasteiger partial charge >= 0.3 is 0 Å². The molecule has 4 aromatic rings. The number of aromatic nitrogens is 6. The Morgan fingerprint density at radius 2 is 1.97 bits per heavy atom. The highest BCUT2D eigenvalue weighted by Gasteiger charge is 2.23. The molecule has 4 aromatic heterocycles. The van der Waals surface area contributed by atoms with Crippen LogP contribution in [0, 0.1) is 0 Å². The van der Waals surface area contributed by atoms with E-state index in [9.17, 15) is 5.11 Å². The van der Waals surface area contributed by atoms with Gasteiger partial charge in [0.1, 0.15) is 25.4 Å². The summed E-state index contributed by atoms with van der Waals surface area (Å²) in [6, 6.07) is 5.86. The number of rotatable bonds is 7. The standard InChI is InChI=1S/C24H27N7O3/c1-15(18-4-5-25-23-21(18)33-6-7-34-23)10-26-20-9-19(28-14-29-20)16-8-17-12-30-31(22(17)27-11-16)24(2,3)13-32/h4-5,8-9,11-12,14-15,32H,6-7,10,13H2,1-3H3,(H,26,28,29)/t15-/m1/s1. The maximum Gasteiger partial charge on any atom is 0.257 e. The van der Waals surface area contributed by atoms with Gasteiger partial charge in [-0.25, -0.2) is 24.6 Å². The van der Waals surface area contributed by atoms with Gasteiger partial charge in [0.25, 0.3) is 5.88 Å². The molecule has 0 unspecified atom stereocenters. The Labute approximate surface area is 197 Å². The van der Waals surface area contributed by atoms with E-state index in [1.54, 1.807) is 23.3 Å². The predicted molar refractivity (Wildman–Crippen MR) is 127 cm³/mol. The van der Waals surface area contributed by atoms with Crippen LogP contribution in [0.5, 0.6) is 11.6 Å². The molecule has 0 aromatic carbocycles. The van der Waals surface area contributed by atoms with E-state index in [0.29, 0.717) is 31.5 Å². The zero-order valence-electron chi connectivity index (χ0n) is 19.4. The number of aliphatic hydroxyl groups excluding tert-OH is 1. The Kier molecular flexibility index (Phi) is 5.74. The molecule has 1 aliphatic heterocycles. The van der Waals surface area contributed by atoms with Crippen molar-refractivity contribution in [1.82, 2.24) is 29.7 Å². The summed E-state index contributed by atoms with van der Waals surface area (Å²) in [5.41, 5.74) is 2.84. The highest BCUT2D eigenvalue weighted by atomic mass is 16.6. The topological polar surface area (TPSA) is 120 Å². The summed E-state index contributed by atoms with van der Waals surface area (Å²) in [4.78, 5) is 17.6. The van der Waals surface area contributed by atoms with Crippen molar-refractivity contribution in [3.05, 3.63) is 48.7 Å². The first-order valence-electron chi connectivity index (χ1n) is 11.2. The smallest absolute Gasteiger partial charge is 0.257 e. The molecule has 34 heavy (non-hydrogen) atoms. The summed E-state index contributed by atoms with van der Waals surface area (Å²) < 4.78 is 13.1. The maximum atomic E-state index is 9.68. The van der Waals surface area contributed by atoms with Crippen LogP contribution in [-0.2, 0) is 5.54 Å². The molecule has 2 N–H and O–H groups in total. The number of aliphatic hydroxyl groups is 1. The van der Waals surface area contributed by atoms with E-state index in [0.717, 1.165) is 33.6 Å². The number of ether oxygens (including phenoxy) is 2. The van der Waals surface area contributed by atoms with E-state index in [-0.39, 0.29) is 12.5 Å². The fourth-order valence-electron chi connectivity index (χ4n) is 3.91. The number of nitrogens with zero attached hydrogens (tertiary/aromatic N) is 6. The zero-order valence-corrected chi connectivity index (χ0v) is 19.4. The fourth-order valence-corrected chi connectivity index (χ4v) is 3.91. The first-order chi connectivity index (χ1) is 16.5. The molecule has 0 amide bonds. The van der Waals surface area contributed by atoms with Crippen molar-refractivity contribution < 1.29 is 14.6 Å². The van der Waals surface area contributed by atoms with Crippen LogP contribution < -0.4 is 14.8 Å². The summed E-state index contributed by atoms with van der Waals surface area (Å²) >= 11 is 0. The first kappa shape index (κ1) is 22.0. The van der Waals surface area contributed by atoms with Crippen molar-refractivity contribution in [3.8, 4) is 22.9 Å². The van der Waals surface area contributed by atoms with Gasteiger partial charge in [-0.3, -0.25) is 0 Å². The zero-order chi connectivity index (χ0) is 23.7. The normalized spacial score (nSPS) is 14.2. The molecule has 0 aliphatic carbocycles. The molecule has 1 aliphatic rings. The van der Waals surface area contributed by atoms with Gasteiger partial charge in [0.2, 0.25) is 0 Å². The van der Waals surface area contributed by atoms with Crippen molar-refractivity contribution in [2.75, 3.05) is 31.7 Å². The Bertz CT molecular complexity index is 1320. The molecule has 0 saturated heterocycles. The summed E-state index contributed by atoms with van der Waals surface area (Å²) in [5.74, 6) is 2.13. The third-order valence-corrected chi connectivity index (χ3v) is 5.92. The molecule has 0 radical (unpaired) electrons. The summed E-state index contributed by atoms with van der Waals surface area (Å²) in [7, 11) is 0. The van der Waals surface area contributed by atoms with Crippen LogP contribution in [0.15, 0.2) is 43.1 Å². The summed E-state index contributed by atoms with van der Waals surface area (Å²) in [6.45, 7) is 7.60. The van der Waals surface area contributed by atoms with Crippen molar-refractivity contribution >= 4 is 16.9 Å². The van der Waals surface area contributed by atoms with Crippen LogP contribution in [0.3, 0.4) is 0 Å². The third-order valence-electron chi connectivity index (χ3n) is 5.92. The van der Waals surface area contributed by atoms with Gasteiger partial charge in [-0.15, -0.1) is 0 Å². The molecule has 10 nitrogen and oxygen atoms in total. The maximum absolute atomic E-state index is 9.68. The first-order valence-corrected chi connectivity index (χ1v) is 11.2. The van der Waals surface area contributed by atoms with Crippen LogP contribution in [0.2, 0.25) is 0 Å². The molecule has 0 fully saturated rings. The number of hydrogen-bond donors (Lipinski definition) is 2. The van der Waals surface area contributed by atoms with Gasteiger partial charge in [-0.2, -0.15) is 5.10 Å². The third kappa shape index (κ3) is 4.12. The number of pyridine rings is 2. The monoisotopic (exact) mass is 461 g/mol. The van der Waals surface area contributed by atoms with Crippen molar-refractivity contribution in [3.63, 3.8) is 0 Å². The number of anilines is 1. The van der Waals surface area contributed by atoms with Gasteiger partial charge in [0, 0.05) is 47.4 Å². The Balaban J connectivity index is 1.34. The molecular formula is C24H27N7O3. The minimum atomic E-state index is -0.538. The van der Waals surface area contributed by atoms with E-state index in [4.69, 9.17) is 9.47 Å². The molecular weight excluding hydrogens is 434 g/mol. The lowest BCUT2D eigenvalue weighted by molar-refractivity contribution is 0.156. The average molecular weight is 462 g/mol. The molecule has 1 atom stereocenters. The van der Waals surface area contributed by atoms with Crippen LogP contribution in [0.25, 0.3) is 22.3 Å². The molecule has 0 spiro atoms. The lowest BCUT2D eigenvalue weighted by Gasteiger charge is -2.23. The highest BCUT2D eigenvalue weighted by molar-refractivity contribution is 5.80. The Morgan fingerprint density at radius 3 is 2.82 bits per heavy atom. The number of hydrogen-bond acceptors (Lipinski definition) is 9. The van der Waals surface area contributed by atoms with Crippen LogP contribution in [0.4, 0.5) is 5.82 Å². The van der Waals surface area contributed by atoms with E-state index in [1.165, 1.54) is 6.33 Å². The molecule has 0 saturated carbocycles. The van der Waals surface area contributed by atoms with E-state index >= 15 is 0 Å². The predicted octanol–water partition coefficient (Wildman–Crippen LogP) is 3.00. The SMILES string of the molecule is C[C@H](CNc1cc(-c2cnc3c(cnn3C(C)(C)CO)c2)ncn1)c1ccnc2c1OCCO2. The van der Waals surface area contributed by atoms with Crippen LogP contribution in [0.1, 0.15) is 32.3 Å². The van der Waals surface area contributed by atoms with E-state index in [1.807, 2.05) is 32.0 Å². The van der Waals surface area contributed by atoms with Crippen LogP contribution in [-0.4, -0.2) is 61.2 Å². The lowest BCUT2D eigenvalue weighted by Crippen LogP contribution is -2.31. The van der Waals surface area contributed by atoms with Gasteiger partial charge in [0.05, 0.1) is 24.0 Å². The number of fused-ring (bicyclic) bond motifs is 2. The molecule has 10 heteroatoms. The van der Waals surface area contributed by atoms with E-state index in [2.05, 4.69) is 37.3 Å². The second-order valence-corrected chi connectivity index (χ2v) is 8.97. The van der Waals surface area contributed by atoms with Crippen molar-refractivity contribution in [1.29, 1.82) is 0 Å². The molecule has 176 valence electrons. The largest absolute Gasteiger partial charge is 0.484 e. The second-order valence-electron chi connectivity index (χ2n) is 8.97. The summed E-state index contributed by atoms with van der Waals surface area (Å²) in [6.07, 6.45) is 6.81. The Hall–Kier alpha value is -3.79. The summed E-state index contributed by atoms with van der Waals surface area (Å²) in [5, 5.41) is 18.4.